The van der Waals surface area contributed by atoms with Gasteiger partial charge in [0.2, 0.25) is 0 Å². The molecule has 0 saturated carbocycles. The van der Waals surface area contributed by atoms with Crippen molar-refractivity contribution in [1.29, 1.82) is 0 Å². The van der Waals surface area contributed by atoms with E-state index in [9.17, 15) is 13.2 Å². The Morgan fingerprint density at radius 1 is 0.941 bits per heavy atom. The van der Waals surface area contributed by atoms with Crippen LogP contribution in [0.3, 0.4) is 0 Å². The molecule has 0 fully saturated rings. The summed E-state index contributed by atoms with van der Waals surface area (Å²) in [7, 11) is -2.15. The van der Waals surface area contributed by atoms with Crippen LogP contribution in [0.5, 0.6) is 0 Å². The Morgan fingerprint density at radius 3 is 2.24 bits per heavy atom. The van der Waals surface area contributed by atoms with Crippen molar-refractivity contribution in [3.05, 3.63) is 94.5 Å². The Morgan fingerprint density at radius 2 is 1.59 bits per heavy atom. The molecular weight excluding hydrogens is 444 g/mol. The van der Waals surface area contributed by atoms with Crippen LogP contribution >= 0.6 is 0 Å². The Labute approximate surface area is 202 Å². The van der Waals surface area contributed by atoms with E-state index in [0.717, 1.165) is 30.4 Å². The molecule has 0 heterocycles. The molecule has 1 unspecified atom stereocenters. The number of rotatable bonds is 7. The van der Waals surface area contributed by atoms with Crippen LogP contribution in [-0.2, 0) is 22.9 Å². The molecule has 5 nitrogen and oxygen atoms in total. The highest BCUT2D eigenvalue weighted by Crippen LogP contribution is 2.27. The first kappa shape index (κ1) is 24.0. The minimum atomic E-state index is -3.68. The van der Waals surface area contributed by atoms with Gasteiger partial charge in [-0.15, -0.1) is 0 Å². The van der Waals surface area contributed by atoms with Crippen molar-refractivity contribution in [3.63, 3.8) is 0 Å². The average Bonchev–Trinajstić information content (AvgIpc) is 2.86. The Balaban J connectivity index is 1.47. The number of aryl methyl sites for hydroxylation is 3. The van der Waals surface area contributed by atoms with E-state index in [4.69, 9.17) is 0 Å². The van der Waals surface area contributed by atoms with Crippen LogP contribution in [0.25, 0.3) is 0 Å². The second-order valence-electron chi connectivity index (χ2n) is 9.00. The van der Waals surface area contributed by atoms with Crippen molar-refractivity contribution in [2.75, 3.05) is 11.4 Å². The maximum absolute atomic E-state index is 13.0. The van der Waals surface area contributed by atoms with Gasteiger partial charge in [-0.3, -0.25) is 9.10 Å². The van der Waals surface area contributed by atoms with Gasteiger partial charge >= 0.3 is 0 Å². The van der Waals surface area contributed by atoms with Crippen molar-refractivity contribution < 1.29 is 13.2 Å². The molecule has 3 aromatic rings. The lowest BCUT2D eigenvalue weighted by Crippen LogP contribution is -2.29. The van der Waals surface area contributed by atoms with E-state index in [0.29, 0.717) is 11.3 Å². The standard InChI is InChI=1S/C28H32N2O3S/c1-4-27(24-12-11-21-7-5-6-8-23(21)19-24)29-28(31)22-13-15-25(16-14-22)30(3)34(32,33)26-17-9-20(2)10-18-26/h9-19,27H,4-8H2,1-3H3,(H,29,31). The second-order valence-corrected chi connectivity index (χ2v) is 11.0. The van der Waals surface area contributed by atoms with E-state index in [2.05, 4.69) is 30.4 Å². The largest absolute Gasteiger partial charge is 0.345 e. The summed E-state index contributed by atoms with van der Waals surface area (Å²) in [6.45, 7) is 3.98. The molecule has 1 N–H and O–H groups in total. The monoisotopic (exact) mass is 476 g/mol. The van der Waals surface area contributed by atoms with E-state index in [1.165, 1.54) is 35.3 Å². The summed E-state index contributed by atoms with van der Waals surface area (Å²) in [6.07, 6.45) is 5.51. The predicted octanol–water partition coefficient (Wildman–Crippen LogP) is 5.58. The van der Waals surface area contributed by atoms with Gasteiger partial charge in [-0.25, -0.2) is 8.42 Å². The van der Waals surface area contributed by atoms with E-state index in [-0.39, 0.29) is 16.8 Å². The van der Waals surface area contributed by atoms with Gasteiger partial charge in [-0.1, -0.05) is 42.8 Å². The molecule has 1 amide bonds. The molecule has 0 aliphatic heterocycles. The van der Waals surface area contributed by atoms with Gasteiger partial charge < -0.3 is 5.32 Å². The molecule has 1 aliphatic carbocycles. The Bertz CT molecular complexity index is 1270. The van der Waals surface area contributed by atoms with E-state index >= 15 is 0 Å². The van der Waals surface area contributed by atoms with E-state index in [1.807, 2.05) is 6.92 Å². The van der Waals surface area contributed by atoms with Crippen molar-refractivity contribution in [3.8, 4) is 0 Å². The number of hydrogen-bond donors (Lipinski definition) is 1. The number of sulfonamides is 1. The first-order chi connectivity index (χ1) is 16.3. The number of nitrogens with zero attached hydrogens (tertiary/aromatic N) is 1. The number of carbonyl (C=O) groups excluding carboxylic acids is 1. The number of fused-ring (bicyclic) bond motifs is 1. The topological polar surface area (TPSA) is 66.5 Å². The lowest BCUT2D eigenvalue weighted by Gasteiger charge is -2.22. The number of nitrogens with one attached hydrogen (secondary N) is 1. The van der Waals surface area contributed by atoms with E-state index < -0.39 is 10.0 Å². The Hall–Kier alpha value is -3.12. The van der Waals surface area contributed by atoms with Gasteiger partial charge in [-0.05, 0) is 92.1 Å². The third-order valence-electron chi connectivity index (χ3n) is 6.66. The van der Waals surface area contributed by atoms with Gasteiger partial charge in [0.1, 0.15) is 0 Å². The summed E-state index contributed by atoms with van der Waals surface area (Å²) in [6, 6.07) is 20.0. The van der Waals surface area contributed by atoms with Crippen molar-refractivity contribution in [2.45, 2.75) is 56.9 Å². The normalized spacial score (nSPS) is 14.2. The molecule has 1 aliphatic rings. The van der Waals surface area contributed by atoms with Gasteiger partial charge in [0.25, 0.3) is 15.9 Å². The molecule has 0 spiro atoms. The highest BCUT2D eigenvalue weighted by molar-refractivity contribution is 7.92. The predicted molar refractivity (Wildman–Crippen MR) is 137 cm³/mol. The molecule has 0 bridgehead atoms. The third-order valence-corrected chi connectivity index (χ3v) is 8.46. The molecule has 178 valence electrons. The van der Waals surface area contributed by atoms with Crippen LogP contribution in [0.2, 0.25) is 0 Å². The number of carbonyl (C=O) groups is 1. The first-order valence-electron chi connectivity index (χ1n) is 11.9. The zero-order valence-electron chi connectivity index (χ0n) is 20.0. The highest BCUT2D eigenvalue weighted by Gasteiger charge is 2.22. The van der Waals surface area contributed by atoms with Crippen LogP contribution in [0.1, 0.15) is 64.8 Å². The fraction of sp³-hybridized carbons (Fsp3) is 0.321. The molecular formula is C28H32N2O3S. The van der Waals surface area contributed by atoms with Crippen molar-refractivity contribution >= 4 is 21.6 Å². The summed E-state index contributed by atoms with van der Waals surface area (Å²) >= 11 is 0. The molecule has 3 aromatic carbocycles. The van der Waals surface area contributed by atoms with Gasteiger partial charge in [0, 0.05) is 12.6 Å². The summed E-state index contributed by atoms with van der Waals surface area (Å²) in [5.74, 6) is -0.167. The number of amides is 1. The smallest absolute Gasteiger partial charge is 0.264 e. The zero-order valence-corrected chi connectivity index (χ0v) is 20.9. The molecule has 1 atom stereocenters. The van der Waals surface area contributed by atoms with Crippen LogP contribution in [0.4, 0.5) is 5.69 Å². The van der Waals surface area contributed by atoms with Crippen LogP contribution in [-0.4, -0.2) is 21.4 Å². The minimum Gasteiger partial charge on any atom is -0.345 e. The molecule has 4 rings (SSSR count). The number of anilines is 1. The van der Waals surface area contributed by atoms with Gasteiger partial charge in [0.15, 0.2) is 0 Å². The number of hydrogen-bond acceptors (Lipinski definition) is 3. The lowest BCUT2D eigenvalue weighted by molar-refractivity contribution is 0.0935. The Kier molecular flexibility index (Phi) is 7.08. The quantitative estimate of drug-likeness (QED) is 0.484. The fourth-order valence-electron chi connectivity index (χ4n) is 4.46. The summed E-state index contributed by atoms with van der Waals surface area (Å²) in [5, 5.41) is 3.15. The average molecular weight is 477 g/mol. The molecule has 0 aromatic heterocycles. The third kappa shape index (κ3) is 5.02. The maximum Gasteiger partial charge on any atom is 0.264 e. The summed E-state index contributed by atoms with van der Waals surface area (Å²) < 4.78 is 27.1. The van der Waals surface area contributed by atoms with Crippen LogP contribution in [0.15, 0.2) is 71.6 Å². The minimum absolute atomic E-state index is 0.0657. The van der Waals surface area contributed by atoms with E-state index in [1.54, 1.807) is 48.5 Å². The molecule has 34 heavy (non-hydrogen) atoms. The molecule has 6 heteroatoms. The molecule has 0 radical (unpaired) electrons. The van der Waals surface area contributed by atoms with Crippen LogP contribution in [0, 0.1) is 6.92 Å². The van der Waals surface area contributed by atoms with Crippen molar-refractivity contribution in [2.24, 2.45) is 0 Å². The summed E-state index contributed by atoms with van der Waals surface area (Å²) in [4.78, 5) is 13.2. The SMILES string of the molecule is CCC(NC(=O)c1ccc(N(C)S(=O)(=O)c2ccc(C)cc2)cc1)c1ccc2c(c1)CCCC2. The number of benzene rings is 3. The summed E-state index contributed by atoms with van der Waals surface area (Å²) in [5.41, 5.74) is 5.96. The van der Waals surface area contributed by atoms with Gasteiger partial charge in [-0.2, -0.15) is 0 Å². The zero-order chi connectivity index (χ0) is 24.3. The first-order valence-corrected chi connectivity index (χ1v) is 13.3. The molecule has 0 saturated heterocycles. The van der Waals surface area contributed by atoms with Crippen molar-refractivity contribution in [1.82, 2.24) is 5.32 Å². The lowest BCUT2D eigenvalue weighted by atomic mass is 9.88. The fourth-order valence-corrected chi connectivity index (χ4v) is 5.66. The second kappa shape index (κ2) is 10.0. The van der Waals surface area contributed by atoms with Crippen LogP contribution < -0.4 is 9.62 Å². The maximum atomic E-state index is 13.0. The highest BCUT2D eigenvalue weighted by atomic mass is 32.2. The van der Waals surface area contributed by atoms with Gasteiger partial charge in [0.05, 0.1) is 16.6 Å².